The quantitative estimate of drug-likeness (QED) is 0.746. The molecule has 25 heavy (non-hydrogen) atoms. The lowest BCUT2D eigenvalue weighted by Gasteiger charge is -2.12. The molecule has 0 aliphatic rings. The van der Waals surface area contributed by atoms with Crippen LogP contribution >= 0.6 is 0 Å². The molecule has 0 saturated carbocycles. The van der Waals surface area contributed by atoms with Crippen LogP contribution in [-0.2, 0) is 20.0 Å². The SMILES string of the molecule is CCc1nc(NC(=O)NCc2ccccc2-n2ccnc2C)nn1C. The first-order chi connectivity index (χ1) is 12.1. The van der Waals surface area contributed by atoms with E-state index in [4.69, 9.17) is 0 Å². The van der Waals surface area contributed by atoms with Crippen molar-refractivity contribution in [3.8, 4) is 5.69 Å². The van der Waals surface area contributed by atoms with Crippen molar-refractivity contribution in [2.24, 2.45) is 7.05 Å². The number of nitrogens with one attached hydrogen (secondary N) is 2. The van der Waals surface area contributed by atoms with Gasteiger partial charge in [0.15, 0.2) is 0 Å². The van der Waals surface area contributed by atoms with Gasteiger partial charge in [0.2, 0.25) is 5.95 Å². The van der Waals surface area contributed by atoms with Crippen LogP contribution in [0.5, 0.6) is 0 Å². The van der Waals surface area contributed by atoms with E-state index in [1.54, 1.807) is 17.9 Å². The number of urea groups is 1. The van der Waals surface area contributed by atoms with Crippen molar-refractivity contribution in [2.45, 2.75) is 26.8 Å². The molecule has 3 rings (SSSR count). The van der Waals surface area contributed by atoms with Crippen LogP contribution in [-0.4, -0.2) is 30.3 Å². The van der Waals surface area contributed by atoms with E-state index in [9.17, 15) is 4.79 Å². The number of anilines is 1. The Morgan fingerprint density at radius 2 is 2.08 bits per heavy atom. The van der Waals surface area contributed by atoms with E-state index in [1.807, 2.05) is 48.9 Å². The van der Waals surface area contributed by atoms with Gasteiger partial charge < -0.3 is 9.88 Å². The standard InChI is InChI=1S/C17H21N7O/c1-4-15-20-16(22-23(15)3)21-17(25)19-11-13-7-5-6-8-14(13)24-10-9-18-12(24)2/h5-10H,4,11H2,1-3H3,(H2,19,21,22,25). The molecule has 0 atom stereocenters. The van der Waals surface area contributed by atoms with Crippen molar-refractivity contribution in [2.75, 3.05) is 5.32 Å². The van der Waals surface area contributed by atoms with E-state index in [0.29, 0.717) is 12.5 Å². The molecule has 8 heteroatoms. The Morgan fingerprint density at radius 1 is 1.28 bits per heavy atom. The van der Waals surface area contributed by atoms with Gasteiger partial charge in [-0.2, -0.15) is 4.98 Å². The fourth-order valence-electron chi connectivity index (χ4n) is 2.63. The second kappa shape index (κ2) is 7.16. The summed E-state index contributed by atoms with van der Waals surface area (Å²) < 4.78 is 3.65. The molecule has 0 saturated heterocycles. The Balaban J connectivity index is 1.67. The molecule has 0 aliphatic carbocycles. The van der Waals surface area contributed by atoms with Gasteiger partial charge in [0.05, 0.1) is 5.69 Å². The maximum absolute atomic E-state index is 12.1. The van der Waals surface area contributed by atoms with Crippen molar-refractivity contribution in [1.82, 2.24) is 29.6 Å². The maximum atomic E-state index is 12.1. The molecule has 1 aromatic carbocycles. The Kier molecular flexibility index (Phi) is 4.78. The number of rotatable bonds is 5. The van der Waals surface area contributed by atoms with E-state index in [2.05, 4.69) is 25.7 Å². The van der Waals surface area contributed by atoms with Crippen molar-refractivity contribution >= 4 is 12.0 Å². The van der Waals surface area contributed by atoms with Gasteiger partial charge in [0.25, 0.3) is 0 Å². The number of carbonyl (C=O) groups is 1. The number of nitrogens with zero attached hydrogens (tertiary/aromatic N) is 5. The predicted molar refractivity (Wildman–Crippen MR) is 94.5 cm³/mol. The number of hydrogen-bond donors (Lipinski definition) is 2. The van der Waals surface area contributed by atoms with Crippen LogP contribution in [0.15, 0.2) is 36.7 Å². The van der Waals surface area contributed by atoms with Gasteiger partial charge in [-0.05, 0) is 18.6 Å². The van der Waals surface area contributed by atoms with Gasteiger partial charge in [-0.1, -0.05) is 25.1 Å². The van der Waals surface area contributed by atoms with Crippen molar-refractivity contribution in [1.29, 1.82) is 0 Å². The molecule has 130 valence electrons. The highest BCUT2D eigenvalue weighted by Crippen LogP contribution is 2.16. The first kappa shape index (κ1) is 16.7. The molecule has 0 bridgehead atoms. The average molecular weight is 339 g/mol. The topological polar surface area (TPSA) is 89.7 Å². The third-order valence-corrected chi connectivity index (χ3v) is 3.91. The first-order valence-electron chi connectivity index (χ1n) is 8.11. The summed E-state index contributed by atoms with van der Waals surface area (Å²) in [7, 11) is 1.80. The highest BCUT2D eigenvalue weighted by molar-refractivity contribution is 5.87. The fourth-order valence-corrected chi connectivity index (χ4v) is 2.63. The Bertz CT molecular complexity index is 881. The average Bonchev–Trinajstić information content (AvgIpc) is 3.18. The Labute approximate surface area is 145 Å². The summed E-state index contributed by atoms with van der Waals surface area (Å²) in [5.74, 6) is 2.01. The van der Waals surface area contributed by atoms with Gasteiger partial charge in [-0.3, -0.25) is 10.00 Å². The number of aromatic nitrogens is 5. The summed E-state index contributed by atoms with van der Waals surface area (Å²) in [6.07, 6.45) is 4.41. The van der Waals surface area contributed by atoms with Crippen LogP contribution in [0.2, 0.25) is 0 Å². The number of para-hydroxylation sites is 1. The lowest BCUT2D eigenvalue weighted by atomic mass is 10.1. The maximum Gasteiger partial charge on any atom is 0.321 e. The molecule has 0 unspecified atom stereocenters. The summed E-state index contributed by atoms with van der Waals surface area (Å²) in [4.78, 5) is 20.6. The number of carbonyl (C=O) groups excluding carboxylic acids is 1. The third-order valence-electron chi connectivity index (χ3n) is 3.91. The first-order valence-corrected chi connectivity index (χ1v) is 8.11. The highest BCUT2D eigenvalue weighted by Gasteiger charge is 2.11. The minimum Gasteiger partial charge on any atom is -0.334 e. The minimum absolute atomic E-state index is 0.301. The van der Waals surface area contributed by atoms with Gasteiger partial charge in [-0.25, -0.2) is 9.78 Å². The van der Waals surface area contributed by atoms with Crippen molar-refractivity contribution in [3.05, 3.63) is 53.9 Å². The number of benzene rings is 1. The number of hydrogen-bond acceptors (Lipinski definition) is 4. The van der Waals surface area contributed by atoms with Crippen LogP contribution in [0.25, 0.3) is 5.69 Å². The van der Waals surface area contributed by atoms with Gasteiger partial charge >= 0.3 is 6.03 Å². The number of aryl methyl sites for hydroxylation is 3. The minimum atomic E-state index is -0.342. The summed E-state index contributed by atoms with van der Waals surface area (Å²) in [5.41, 5.74) is 1.98. The summed E-state index contributed by atoms with van der Waals surface area (Å²) in [6, 6.07) is 7.53. The summed E-state index contributed by atoms with van der Waals surface area (Å²) >= 11 is 0. The Hall–Kier alpha value is -3.16. The van der Waals surface area contributed by atoms with Crippen LogP contribution in [0.4, 0.5) is 10.7 Å². The molecule has 8 nitrogen and oxygen atoms in total. The largest absolute Gasteiger partial charge is 0.334 e. The monoisotopic (exact) mass is 339 g/mol. The van der Waals surface area contributed by atoms with Crippen molar-refractivity contribution < 1.29 is 4.79 Å². The molecule has 0 radical (unpaired) electrons. The Morgan fingerprint density at radius 3 is 2.76 bits per heavy atom. The normalized spacial score (nSPS) is 10.7. The molecule has 3 aromatic rings. The zero-order valence-electron chi connectivity index (χ0n) is 14.5. The lowest BCUT2D eigenvalue weighted by Crippen LogP contribution is -2.29. The predicted octanol–water partition coefficient (Wildman–Crippen LogP) is 2.19. The molecule has 0 fully saturated rings. The van der Waals surface area contributed by atoms with Crippen LogP contribution < -0.4 is 10.6 Å². The van der Waals surface area contributed by atoms with Crippen LogP contribution in [0.1, 0.15) is 24.1 Å². The zero-order chi connectivity index (χ0) is 17.8. The van der Waals surface area contributed by atoms with Crippen molar-refractivity contribution in [3.63, 3.8) is 0 Å². The van der Waals surface area contributed by atoms with E-state index in [1.165, 1.54) is 0 Å². The second-order valence-electron chi connectivity index (χ2n) is 5.61. The summed E-state index contributed by atoms with van der Waals surface area (Å²) in [5, 5.41) is 9.67. The van der Waals surface area contributed by atoms with E-state index < -0.39 is 0 Å². The molecule has 2 N–H and O–H groups in total. The fraction of sp³-hybridized carbons (Fsp3) is 0.294. The van der Waals surface area contributed by atoms with Gasteiger partial charge in [0, 0.05) is 32.4 Å². The summed E-state index contributed by atoms with van der Waals surface area (Å²) in [6.45, 7) is 4.31. The molecule has 0 spiro atoms. The highest BCUT2D eigenvalue weighted by atomic mass is 16.2. The molecule has 2 heterocycles. The molecule has 2 amide bonds. The lowest BCUT2D eigenvalue weighted by molar-refractivity contribution is 0.251. The van der Waals surface area contributed by atoms with E-state index in [-0.39, 0.29) is 6.03 Å². The number of amides is 2. The molecular formula is C17H21N7O. The van der Waals surface area contributed by atoms with Crippen LogP contribution in [0, 0.1) is 6.92 Å². The molecule has 0 aliphatic heterocycles. The smallest absolute Gasteiger partial charge is 0.321 e. The van der Waals surface area contributed by atoms with Gasteiger partial charge in [-0.15, -0.1) is 5.10 Å². The molecular weight excluding hydrogens is 318 g/mol. The molecule has 2 aromatic heterocycles. The van der Waals surface area contributed by atoms with E-state index >= 15 is 0 Å². The third kappa shape index (κ3) is 3.68. The zero-order valence-corrected chi connectivity index (χ0v) is 14.5. The van der Waals surface area contributed by atoms with E-state index in [0.717, 1.165) is 29.3 Å². The number of imidazole rings is 1. The van der Waals surface area contributed by atoms with Gasteiger partial charge in [0.1, 0.15) is 11.6 Å². The van der Waals surface area contributed by atoms with Crippen LogP contribution in [0.3, 0.4) is 0 Å². The second-order valence-corrected chi connectivity index (χ2v) is 5.61.